The molecule has 0 aromatic carbocycles. The molecule has 1 aliphatic rings. The predicted octanol–water partition coefficient (Wildman–Crippen LogP) is 6.08. The number of unbranched alkanes of at least 4 members (excludes halogenated alkanes) is 6. The molecule has 1 heteroatoms. The van der Waals surface area contributed by atoms with Crippen molar-refractivity contribution < 1.29 is 0 Å². The molecule has 0 heterocycles. The van der Waals surface area contributed by atoms with Gasteiger partial charge in [0.25, 0.3) is 0 Å². The van der Waals surface area contributed by atoms with E-state index in [9.17, 15) is 0 Å². The van der Waals surface area contributed by atoms with E-state index < -0.39 is 0 Å². The molecule has 0 amide bonds. The summed E-state index contributed by atoms with van der Waals surface area (Å²) in [4.78, 5) is 0. The first-order valence-electron chi connectivity index (χ1n) is 9.55. The summed E-state index contributed by atoms with van der Waals surface area (Å²) in [5.41, 5.74) is 0. The van der Waals surface area contributed by atoms with Gasteiger partial charge in [-0.25, -0.2) is 0 Å². The Kier molecular flexibility index (Phi) is 11.4. The molecule has 0 aliphatic heterocycles. The third kappa shape index (κ3) is 8.29. The van der Waals surface area contributed by atoms with Gasteiger partial charge in [0.15, 0.2) is 0 Å². The lowest BCUT2D eigenvalue weighted by Crippen LogP contribution is -2.34. The van der Waals surface area contributed by atoms with Crippen molar-refractivity contribution in [3.05, 3.63) is 0 Å². The van der Waals surface area contributed by atoms with E-state index >= 15 is 0 Å². The summed E-state index contributed by atoms with van der Waals surface area (Å²) in [6, 6.07) is 0.795. The first-order chi connectivity index (χ1) is 9.88. The van der Waals surface area contributed by atoms with E-state index in [-0.39, 0.29) is 0 Å². The molecular weight excluding hydrogens is 242 g/mol. The molecule has 1 nitrogen and oxygen atoms in total. The van der Waals surface area contributed by atoms with Gasteiger partial charge in [0.1, 0.15) is 0 Å². The van der Waals surface area contributed by atoms with Crippen LogP contribution in [0.2, 0.25) is 0 Å². The van der Waals surface area contributed by atoms with Gasteiger partial charge >= 0.3 is 0 Å². The molecule has 20 heavy (non-hydrogen) atoms. The van der Waals surface area contributed by atoms with Gasteiger partial charge in [-0.15, -0.1) is 0 Å². The second kappa shape index (κ2) is 12.7. The first kappa shape index (κ1) is 18.0. The monoisotopic (exact) mass is 281 g/mol. The molecule has 1 atom stereocenters. The average molecular weight is 282 g/mol. The lowest BCUT2D eigenvalue weighted by atomic mass is 9.84. The highest BCUT2D eigenvalue weighted by molar-refractivity contribution is 4.76. The SMILES string of the molecule is CCCCCCCCCC(NC)C1CCCCCCC1. The van der Waals surface area contributed by atoms with Crippen molar-refractivity contribution >= 4 is 0 Å². The number of hydrogen-bond donors (Lipinski definition) is 1. The van der Waals surface area contributed by atoms with Crippen LogP contribution in [0.4, 0.5) is 0 Å². The molecule has 1 rings (SSSR count). The smallest absolute Gasteiger partial charge is 0.00923 e. The molecular formula is C19H39N. The molecule has 1 unspecified atom stereocenters. The zero-order valence-electron chi connectivity index (χ0n) is 14.3. The first-order valence-corrected chi connectivity index (χ1v) is 9.55. The van der Waals surface area contributed by atoms with E-state index in [0.717, 1.165) is 12.0 Å². The summed E-state index contributed by atoms with van der Waals surface area (Å²) < 4.78 is 0. The van der Waals surface area contributed by atoms with Gasteiger partial charge in [-0.05, 0) is 32.2 Å². The standard InChI is InChI=1S/C19H39N/c1-3-4-5-6-7-11-14-17-19(20-2)18-15-12-9-8-10-13-16-18/h18-20H,3-17H2,1-2H3. The number of nitrogens with one attached hydrogen (secondary N) is 1. The van der Waals surface area contributed by atoms with Gasteiger partial charge in [-0.2, -0.15) is 0 Å². The molecule has 1 saturated carbocycles. The lowest BCUT2D eigenvalue weighted by Gasteiger charge is -2.28. The molecule has 0 radical (unpaired) electrons. The fourth-order valence-electron chi connectivity index (χ4n) is 3.83. The van der Waals surface area contributed by atoms with E-state index in [1.165, 1.54) is 96.3 Å². The highest BCUT2D eigenvalue weighted by Crippen LogP contribution is 2.27. The van der Waals surface area contributed by atoms with Crippen LogP contribution in [0.3, 0.4) is 0 Å². The number of rotatable bonds is 10. The Balaban J connectivity index is 2.10. The fraction of sp³-hybridized carbons (Fsp3) is 1.00. The zero-order valence-corrected chi connectivity index (χ0v) is 14.3. The van der Waals surface area contributed by atoms with Gasteiger partial charge in [-0.1, -0.05) is 84.0 Å². The Bertz CT molecular complexity index is 194. The van der Waals surface area contributed by atoms with Crippen LogP contribution in [0, 0.1) is 5.92 Å². The molecule has 1 aliphatic carbocycles. The summed E-state index contributed by atoms with van der Waals surface area (Å²) >= 11 is 0. The van der Waals surface area contributed by atoms with E-state index in [1.54, 1.807) is 0 Å². The molecule has 1 N–H and O–H groups in total. The van der Waals surface area contributed by atoms with Crippen LogP contribution < -0.4 is 5.32 Å². The third-order valence-electron chi connectivity index (χ3n) is 5.21. The molecule has 0 spiro atoms. The molecule has 0 bridgehead atoms. The van der Waals surface area contributed by atoms with Crippen molar-refractivity contribution in [3.8, 4) is 0 Å². The normalized spacial score (nSPS) is 19.5. The molecule has 0 saturated heterocycles. The van der Waals surface area contributed by atoms with Crippen molar-refractivity contribution in [1.29, 1.82) is 0 Å². The highest BCUT2D eigenvalue weighted by atomic mass is 14.9. The molecule has 0 aromatic heterocycles. The zero-order chi connectivity index (χ0) is 14.5. The maximum absolute atomic E-state index is 3.63. The summed E-state index contributed by atoms with van der Waals surface area (Å²) in [5, 5.41) is 3.63. The van der Waals surface area contributed by atoms with Crippen LogP contribution in [0.5, 0.6) is 0 Å². The largest absolute Gasteiger partial charge is 0.317 e. The highest BCUT2D eigenvalue weighted by Gasteiger charge is 2.20. The van der Waals surface area contributed by atoms with Crippen LogP contribution >= 0.6 is 0 Å². The van der Waals surface area contributed by atoms with E-state index in [4.69, 9.17) is 0 Å². The lowest BCUT2D eigenvalue weighted by molar-refractivity contribution is 0.278. The predicted molar refractivity (Wildman–Crippen MR) is 91.3 cm³/mol. The molecule has 1 fully saturated rings. The topological polar surface area (TPSA) is 12.0 Å². The van der Waals surface area contributed by atoms with Crippen LogP contribution in [0.1, 0.15) is 103 Å². The maximum Gasteiger partial charge on any atom is 0.00923 e. The second-order valence-corrected chi connectivity index (χ2v) is 6.91. The van der Waals surface area contributed by atoms with Crippen LogP contribution in [-0.2, 0) is 0 Å². The molecule has 0 aromatic rings. The Labute approximate surface area is 128 Å². The van der Waals surface area contributed by atoms with E-state index in [2.05, 4.69) is 19.3 Å². The van der Waals surface area contributed by atoms with Gasteiger partial charge in [0.05, 0.1) is 0 Å². The summed E-state index contributed by atoms with van der Waals surface area (Å²) in [6.45, 7) is 2.30. The summed E-state index contributed by atoms with van der Waals surface area (Å²) in [6.07, 6.45) is 21.8. The van der Waals surface area contributed by atoms with Crippen molar-refractivity contribution in [2.45, 2.75) is 109 Å². The Morgan fingerprint density at radius 2 is 1.35 bits per heavy atom. The van der Waals surface area contributed by atoms with Gasteiger partial charge < -0.3 is 5.32 Å². The van der Waals surface area contributed by atoms with Gasteiger partial charge in [0, 0.05) is 6.04 Å². The minimum Gasteiger partial charge on any atom is -0.317 e. The van der Waals surface area contributed by atoms with Crippen molar-refractivity contribution in [2.75, 3.05) is 7.05 Å². The average Bonchev–Trinajstić information content (AvgIpc) is 2.43. The third-order valence-corrected chi connectivity index (χ3v) is 5.21. The van der Waals surface area contributed by atoms with Gasteiger partial charge in [-0.3, -0.25) is 0 Å². The Morgan fingerprint density at radius 1 is 0.800 bits per heavy atom. The minimum atomic E-state index is 0.795. The van der Waals surface area contributed by atoms with Crippen molar-refractivity contribution in [1.82, 2.24) is 5.32 Å². The number of hydrogen-bond acceptors (Lipinski definition) is 1. The van der Waals surface area contributed by atoms with Gasteiger partial charge in [0.2, 0.25) is 0 Å². The van der Waals surface area contributed by atoms with Crippen LogP contribution in [-0.4, -0.2) is 13.1 Å². The van der Waals surface area contributed by atoms with Crippen LogP contribution in [0.15, 0.2) is 0 Å². The second-order valence-electron chi connectivity index (χ2n) is 6.91. The van der Waals surface area contributed by atoms with E-state index in [1.807, 2.05) is 0 Å². The molecule has 120 valence electrons. The minimum absolute atomic E-state index is 0.795. The maximum atomic E-state index is 3.63. The fourth-order valence-corrected chi connectivity index (χ4v) is 3.83. The quantitative estimate of drug-likeness (QED) is 0.479. The van der Waals surface area contributed by atoms with E-state index in [0.29, 0.717) is 0 Å². The Hall–Kier alpha value is -0.0400. The van der Waals surface area contributed by atoms with Crippen molar-refractivity contribution in [3.63, 3.8) is 0 Å². The Morgan fingerprint density at radius 3 is 1.95 bits per heavy atom. The van der Waals surface area contributed by atoms with Crippen LogP contribution in [0.25, 0.3) is 0 Å². The summed E-state index contributed by atoms with van der Waals surface area (Å²) in [5.74, 6) is 0.959. The summed E-state index contributed by atoms with van der Waals surface area (Å²) in [7, 11) is 2.19. The van der Waals surface area contributed by atoms with Crippen molar-refractivity contribution in [2.24, 2.45) is 5.92 Å².